The highest BCUT2D eigenvalue weighted by Crippen LogP contribution is 2.27. The van der Waals surface area contributed by atoms with Crippen molar-refractivity contribution in [2.45, 2.75) is 46.6 Å². The van der Waals surface area contributed by atoms with Gasteiger partial charge in [-0.2, -0.15) is 0 Å². The third kappa shape index (κ3) is 10.8. The zero-order chi connectivity index (χ0) is 25.7. The maximum absolute atomic E-state index is 12.1. The molecule has 0 bridgehead atoms. The molecule has 1 heterocycles. The van der Waals surface area contributed by atoms with Gasteiger partial charge in [-0.05, 0) is 31.1 Å². The van der Waals surface area contributed by atoms with Gasteiger partial charge in [-0.15, -0.1) is 0 Å². The molecule has 1 fully saturated rings. The molecule has 0 spiro atoms. The summed E-state index contributed by atoms with van der Waals surface area (Å²) in [5, 5.41) is 3.50. The molecule has 0 radical (unpaired) electrons. The van der Waals surface area contributed by atoms with E-state index in [9.17, 15) is 9.59 Å². The highest BCUT2D eigenvalue weighted by molar-refractivity contribution is 6.76. The Balaban J connectivity index is 0.000000283. The average Bonchev–Trinajstić information content (AvgIpc) is 3.24. The second-order valence-electron chi connectivity index (χ2n) is 10.0. The van der Waals surface area contributed by atoms with Crippen molar-refractivity contribution in [3.63, 3.8) is 0 Å². The summed E-state index contributed by atoms with van der Waals surface area (Å²) < 4.78 is 10.2. The number of benzene rings is 2. The summed E-state index contributed by atoms with van der Waals surface area (Å²) in [7, 11) is -0.922. The van der Waals surface area contributed by atoms with E-state index in [4.69, 9.17) is 9.47 Å². The van der Waals surface area contributed by atoms with E-state index in [0.717, 1.165) is 12.1 Å². The average molecular weight is 499 g/mol. The molecule has 0 unspecified atom stereocenters. The summed E-state index contributed by atoms with van der Waals surface area (Å²) in [5.41, 5.74) is 2.54. The highest BCUT2D eigenvalue weighted by atomic mass is 28.3. The van der Waals surface area contributed by atoms with Gasteiger partial charge in [-0.1, -0.05) is 80.3 Å². The molecule has 1 N–H and O–H groups in total. The van der Waals surface area contributed by atoms with Crippen LogP contribution in [-0.2, 0) is 32.2 Å². The first-order valence-corrected chi connectivity index (χ1v) is 16.3. The molecular formula is C28H42N2O4Si. The molecule has 0 saturated carbocycles. The number of esters is 2. The maximum atomic E-state index is 12.1. The lowest BCUT2D eigenvalue weighted by molar-refractivity contribution is -0.157. The van der Waals surface area contributed by atoms with E-state index in [2.05, 4.69) is 60.2 Å². The van der Waals surface area contributed by atoms with E-state index in [1.54, 1.807) is 13.8 Å². The van der Waals surface area contributed by atoms with Gasteiger partial charge in [0.15, 0.2) is 0 Å². The molecule has 1 aliphatic rings. The lowest BCUT2D eigenvalue weighted by Gasteiger charge is -2.16. The van der Waals surface area contributed by atoms with Crippen molar-refractivity contribution in [3.05, 3.63) is 71.8 Å². The van der Waals surface area contributed by atoms with Gasteiger partial charge in [0.1, 0.15) is 0 Å². The predicted molar refractivity (Wildman–Crippen MR) is 143 cm³/mol. The fraction of sp³-hybridized carbons (Fsp3) is 0.500. The number of carbonyl (C=O) groups is 2. The lowest BCUT2D eigenvalue weighted by atomic mass is 9.96. The van der Waals surface area contributed by atoms with E-state index in [-0.39, 0.29) is 11.9 Å². The monoisotopic (exact) mass is 498 g/mol. The summed E-state index contributed by atoms with van der Waals surface area (Å²) in [6.45, 7) is 14.1. The Morgan fingerprint density at radius 3 is 1.71 bits per heavy atom. The summed E-state index contributed by atoms with van der Waals surface area (Å²) in [5.74, 6) is -1.50. The van der Waals surface area contributed by atoms with E-state index >= 15 is 0 Å². The van der Waals surface area contributed by atoms with Gasteiger partial charge >= 0.3 is 11.9 Å². The van der Waals surface area contributed by atoms with Gasteiger partial charge in [-0.3, -0.25) is 14.5 Å². The number of nitrogens with one attached hydrogen (secondary N) is 1. The molecule has 7 heteroatoms. The number of rotatable bonds is 10. The molecule has 0 aromatic heterocycles. The minimum Gasteiger partial charge on any atom is -0.466 e. The quantitative estimate of drug-likeness (QED) is 0.384. The molecule has 35 heavy (non-hydrogen) atoms. The Morgan fingerprint density at radius 2 is 1.29 bits per heavy atom. The normalized spacial score (nSPS) is 17.9. The number of ether oxygens (including phenoxy) is 2. The number of carbonyl (C=O) groups excluding carboxylic acids is 2. The fourth-order valence-electron chi connectivity index (χ4n) is 4.01. The summed E-state index contributed by atoms with van der Waals surface area (Å²) in [6, 6.07) is 20.6. The van der Waals surface area contributed by atoms with Crippen LogP contribution in [0.5, 0.6) is 0 Å². The molecule has 2 atom stereocenters. The van der Waals surface area contributed by atoms with Gasteiger partial charge in [0.2, 0.25) is 0 Å². The third-order valence-electron chi connectivity index (χ3n) is 5.65. The van der Waals surface area contributed by atoms with E-state index < -0.39 is 19.9 Å². The summed E-state index contributed by atoms with van der Waals surface area (Å²) >= 11 is 0. The minimum atomic E-state index is -0.922. The maximum Gasteiger partial charge on any atom is 0.311 e. The van der Waals surface area contributed by atoms with Crippen LogP contribution in [0.25, 0.3) is 0 Å². The van der Waals surface area contributed by atoms with Crippen LogP contribution in [0.15, 0.2) is 60.7 Å². The molecule has 1 aliphatic heterocycles. The van der Waals surface area contributed by atoms with E-state index in [1.807, 2.05) is 30.3 Å². The first-order valence-electron chi connectivity index (χ1n) is 12.6. The predicted octanol–water partition coefficient (Wildman–Crippen LogP) is 4.51. The topological polar surface area (TPSA) is 67.9 Å². The van der Waals surface area contributed by atoms with Crippen LogP contribution in [0.4, 0.5) is 0 Å². The fourth-order valence-corrected chi connectivity index (χ4v) is 4.88. The zero-order valence-electron chi connectivity index (χ0n) is 22.0. The van der Waals surface area contributed by atoms with Crippen molar-refractivity contribution < 1.29 is 19.1 Å². The molecule has 2 aromatic carbocycles. The van der Waals surface area contributed by atoms with Crippen LogP contribution < -0.4 is 5.32 Å². The Morgan fingerprint density at radius 1 is 0.829 bits per heavy atom. The van der Waals surface area contributed by atoms with Crippen LogP contribution >= 0.6 is 0 Å². The lowest BCUT2D eigenvalue weighted by Crippen LogP contribution is -2.36. The van der Waals surface area contributed by atoms with Gasteiger partial charge in [0.25, 0.3) is 0 Å². The minimum absolute atomic E-state index is 0.309. The van der Waals surface area contributed by atoms with E-state index in [0.29, 0.717) is 32.8 Å². The van der Waals surface area contributed by atoms with Crippen LogP contribution in [0.3, 0.4) is 0 Å². The molecule has 2 aromatic rings. The van der Waals surface area contributed by atoms with Crippen LogP contribution in [-0.4, -0.2) is 57.4 Å². The second kappa shape index (κ2) is 14.8. The first-order chi connectivity index (χ1) is 16.7. The van der Waals surface area contributed by atoms with Crippen molar-refractivity contribution in [1.29, 1.82) is 0 Å². The van der Waals surface area contributed by atoms with Gasteiger partial charge < -0.3 is 14.8 Å². The Kier molecular flexibility index (Phi) is 12.2. The smallest absolute Gasteiger partial charge is 0.311 e. The molecule has 3 rings (SSSR count). The summed E-state index contributed by atoms with van der Waals surface area (Å²) in [4.78, 5) is 26.3. The van der Waals surface area contributed by atoms with Gasteiger partial charge in [0, 0.05) is 26.2 Å². The molecule has 1 saturated heterocycles. The van der Waals surface area contributed by atoms with E-state index in [1.165, 1.54) is 11.7 Å². The Bertz CT molecular complexity index is 861. The molecular weight excluding hydrogens is 456 g/mol. The molecule has 0 aliphatic carbocycles. The third-order valence-corrected chi connectivity index (χ3v) is 6.96. The number of hydrogen-bond acceptors (Lipinski definition) is 6. The SMILES string of the molecule is CCOC(=O)[C@H]1CN(Cc2ccccc2)C[C@@H]1C(=O)OCC.C[Si](C)(C)CNCc1ccccc1. The van der Waals surface area contributed by atoms with Crippen molar-refractivity contribution in [2.24, 2.45) is 11.8 Å². The highest BCUT2D eigenvalue weighted by Gasteiger charge is 2.43. The Hall–Kier alpha value is -2.48. The van der Waals surface area contributed by atoms with Crippen molar-refractivity contribution >= 4 is 20.0 Å². The summed E-state index contributed by atoms with van der Waals surface area (Å²) in [6.07, 6.45) is 1.20. The Labute approximate surface area is 212 Å². The standard InChI is InChI=1S/C17H23NO4.C11H19NSi/c1-3-21-16(19)14-11-18(10-13-8-6-5-7-9-13)12-15(14)17(20)22-4-2;1-13(2,3)10-12-9-11-7-5-4-6-8-11/h5-9,14-15H,3-4,10-12H2,1-2H3;4-8,12H,9-10H2,1-3H3/t14-,15-;/m0./s1. The number of likely N-dealkylation sites (tertiary alicyclic amines) is 1. The van der Waals surface area contributed by atoms with Crippen LogP contribution in [0, 0.1) is 11.8 Å². The largest absolute Gasteiger partial charge is 0.466 e. The van der Waals surface area contributed by atoms with Crippen LogP contribution in [0.1, 0.15) is 25.0 Å². The van der Waals surface area contributed by atoms with Crippen molar-refractivity contribution in [3.8, 4) is 0 Å². The second-order valence-corrected chi connectivity index (χ2v) is 15.5. The molecule has 192 valence electrons. The van der Waals surface area contributed by atoms with Gasteiger partial charge in [-0.25, -0.2) is 0 Å². The molecule has 6 nitrogen and oxygen atoms in total. The first kappa shape index (κ1) is 28.8. The number of nitrogens with zero attached hydrogens (tertiary/aromatic N) is 1. The zero-order valence-corrected chi connectivity index (χ0v) is 23.0. The van der Waals surface area contributed by atoms with Crippen molar-refractivity contribution in [2.75, 3.05) is 32.5 Å². The van der Waals surface area contributed by atoms with Gasteiger partial charge in [0.05, 0.1) is 33.1 Å². The number of hydrogen-bond donors (Lipinski definition) is 1. The van der Waals surface area contributed by atoms with Crippen molar-refractivity contribution in [1.82, 2.24) is 10.2 Å². The molecule has 0 amide bonds. The van der Waals surface area contributed by atoms with Crippen LogP contribution in [0.2, 0.25) is 19.6 Å².